The van der Waals surface area contributed by atoms with Crippen LogP contribution in [0.15, 0.2) is 0 Å². The number of carbonyl (C=O) groups excluding carboxylic acids is 1. The second-order valence-electron chi connectivity index (χ2n) is 5.41. The van der Waals surface area contributed by atoms with Gasteiger partial charge in [-0.25, -0.2) is 0 Å². The fourth-order valence-corrected chi connectivity index (χ4v) is 4.18. The zero-order valence-electron chi connectivity index (χ0n) is 9.11. The first-order valence-electron chi connectivity index (χ1n) is 4.96. The number of rotatable bonds is 1. The lowest BCUT2D eigenvalue weighted by atomic mass is 10.2. The van der Waals surface area contributed by atoms with E-state index in [1.807, 2.05) is 0 Å². The van der Waals surface area contributed by atoms with E-state index in [0.29, 0.717) is 6.42 Å². The molecule has 92 valence electrons. The molecule has 0 heterocycles. The topological polar surface area (TPSA) is 26.3 Å². The molecule has 0 saturated heterocycles. The van der Waals surface area contributed by atoms with E-state index in [2.05, 4.69) is 0 Å². The van der Waals surface area contributed by atoms with Crippen molar-refractivity contribution in [2.75, 3.05) is 0 Å². The van der Waals surface area contributed by atoms with Crippen LogP contribution in [0.3, 0.4) is 0 Å². The molecule has 0 aliphatic heterocycles. The van der Waals surface area contributed by atoms with E-state index in [0.717, 1.165) is 0 Å². The molecule has 0 aromatic carbocycles. The molecule has 2 rings (SSSR count). The van der Waals surface area contributed by atoms with E-state index in [1.165, 1.54) is 0 Å². The van der Waals surface area contributed by atoms with Crippen molar-refractivity contribution in [2.24, 2.45) is 11.3 Å². The van der Waals surface area contributed by atoms with E-state index in [1.54, 1.807) is 20.8 Å². The van der Waals surface area contributed by atoms with E-state index in [4.69, 9.17) is 51.1 Å². The third kappa shape index (κ3) is 1.43. The molecule has 2 fully saturated rings. The standard InChI is InChI=1S/C10H12Cl4O2/c1-7(2,3)16-6(15)5-4-8(5)9(11,12)10(8,13)14/h5H,4H2,1-3H3. The van der Waals surface area contributed by atoms with Crippen molar-refractivity contribution >= 4 is 52.4 Å². The lowest BCUT2D eigenvalue weighted by Crippen LogP contribution is -2.25. The summed E-state index contributed by atoms with van der Waals surface area (Å²) in [6.45, 7) is 5.41. The summed E-state index contributed by atoms with van der Waals surface area (Å²) in [6, 6.07) is 0. The molecule has 0 aromatic heterocycles. The molecular formula is C10H12Cl4O2. The lowest BCUT2D eigenvalue weighted by molar-refractivity contribution is -0.157. The van der Waals surface area contributed by atoms with E-state index in [9.17, 15) is 4.79 Å². The summed E-state index contributed by atoms with van der Waals surface area (Å²) >= 11 is 24.0. The smallest absolute Gasteiger partial charge is 0.310 e. The Balaban J connectivity index is 2.07. The first-order valence-corrected chi connectivity index (χ1v) is 6.47. The highest BCUT2D eigenvalue weighted by Gasteiger charge is 2.97. The number of hydrogen-bond acceptors (Lipinski definition) is 2. The highest BCUT2D eigenvalue weighted by atomic mass is 35.5. The Labute approximate surface area is 115 Å². The molecule has 1 atom stereocenters. The monoisotopic (exact) mass is 304 g/mol. The van der Waals surface area contributed by atoms with E-state index >= 15 is 0 Å². The number of halogens is 4. The van der Waals surface area contributed by atoms with Gasteiger partial charge < -0.3 is 4.74 Å². The molecule has 16 heavy (non-hydrogen) atoms. The predicted octanol–water partition coefficient (Wildman–Crippen LogP) is 3.70. The van der Waals surface area contributed by atoms with Crippen molar-refractivity contribution in [2.45, 2.75) is 41.5 Å². The second kappa shape index (κ2) is 3.14. The summed E-state index contributed by atoms with van der Waals surface area (Å²) < 4.78 is 2.76. The van der Waals surface area contributed by atoms with Crippen LogP contribution in [0.5, 0.6) is 0 Å². The summed E-state index contributed by atoms with van der Waals surface area (Å²) in [5, 5.41) is 0. The van der Waals surface area contributed by atoms with Gasteiger partial charge in [0.05, 0.1) is 11.3 Å². The average Bonchev–Trinajstić information content (AvgIpc) is 2.81. The van der Waals surface area contributed by atoms with Gasteiger partial charge in [-0.3, -0.25) is 4.79 Å². The molecule has 1 unspecified atom stereocenters. The predicted molar refractivity (Wildman–Crippen MR) is 65.3 cm³/mol. The van der Waals surface area contributed by atoms with Crippen LogP contribution in [-0.4, -0.2) is 20.2 Å². The number of carbonyl (C=O) groups is 1. The van der Waals surface area contributed by atoms with Gasteiger partial charge in [-0.15, -0.1) is 0 Å². The van der Waals surface area contributed by atoms with Gasteiger partial charge in [0.25, 0.3) is 0 Å². The van der Waals surface area contributed by atoms with Crippen molar-refractivity contribution in [1.82, 2.24) is 0 Å². The Kier molecular flexibility index (Phi) is 2.57. The molecule has 2 aliphatic carbocycles. The molecule has 0 bridgehead atoms. The molecular weight excluding hydrogens is 294 g/mol. The Hall–Kier alpha value is 0.630. The molecule has 1 spiro atoms. The molecule has 0 aromatic rings. The van der Waals surface area contributed by atoms with Gasteiger partial charge in [0.15, 0.2) is 8.67 Å². The van der Waals surface area contributed by atoms with Crippen LogP contribution >= 0.6 is 46.4 Å². The minimum absolute atomic E-state index is 0.332. The van der Waals surface area contributed by atoms with Crippen molar-refractivity contribution in [1.29, 1.82) is 0 Å². The summed E-state index contributed by atoms with van der Waals surface area (Å²) in [6.07, 6.45) is 0.488. The van der Waals surface area contributed by atoms with Crippen molar-refractivity contribution in [3.63, 3.8) is 0 Å². The average molecular weight is 306 g/mol. The summed E-state index contributed by atoms with van der Waals surface area (Å²) in [5.74, 6) is -0.724. The van der Waals surface area contributed by atoms with Crippen molar-refractivity contribution < 1.29 is 9.53 Å². The molecule has 2 saturated carbocycles. The van der Waals surface area contributed by atoms with Crippen LogP contribution in [0.25, 0.3) is 0 Å². The van der Waals surface area contributed by atoms with Crippen LogP contribution < -0.4 is 0 Å². The highest BCUT2D eigenvalue weighted by molar-refractivity contribution is 6.69. The molecule has 2 nitrogen and oxygen atoms in total. The SMILES string of the molecule is CC(C)(C)OC(=O)C1CC12C(Cl)(Cl)C2(Cl)Cl. The third-order valence-corrected chi connectivity index (χ3v) is 5.97. The Bertz CT molecular complexity index is 342. The van der Waals surface area contributed by atoms with Crippen molar-refractivity contribution in [3.8, 4) is 0 Å². The lowest BCUT2D eigenvalue weighted by Gasteiger charge is -2.19. The second-order valence-corrected chi connectivity index (χ2v) is 8.07. The largest absolute Gasteiger partial charge is 0.460 e. The molecule has 2 aliphatic rings. The Morgan fingerprint density at radius 2 is 1.62 bits per heavy atom. The first-order chi connectivity index (χ1) is 6.97. The van der Waals surface area contributed by atoms with Gasteiger partial charge in [-0.2, -0.15) is 0 Å². The van der Waals surface area contributed by atoms with Crippen LogP contribution in [0, 0.1) is 11.3 Å². The van der Waals surface area contributed by atoms with Gasteiger partial charge in [0.2, 0.25) is 0 Å². The summed E-state index contributed by atoms with van der Waals surface area (Å²) in [4.78, 5) is 11.8. The maximum absolute atomic E-state index is 11.8. The minimum Gasteiger partial charge on any atom is -0.460 e. The molecule has 6 heteroatoms. The fourth-order valence-electron chi connectivity index (χ4n) is 2.10. The number of hydrogen-bond donors (Lipinski definition) is 0. The van der Waals surface area contributed by atoms with Gasteiger partial charge in [-0.05, 0) is 27.2 Å². The van der Waals surface area contributed by atoms with Gasteiger partial charge >= 0.3 is 5.97 Å². The van der Waals surface area contributed by atoms with Crippen LogP contribution in [0.4, 0.5) is 0 Å². The zero-order chi connectivity index (χ0) is 12.6. The van der Waals surface area contributed by atoms with Crippen LogP contribution in [0.2, 0.25) is 0 Å². The van der Waals surface area contributed by atoms with E-state index in [-0.39, 0.29) is 5.97 Å². The highest BCUT2D eigenvalue weighted by Crippen LogP contribution is 2.90. The summed E-state index contributed by atoms with van der Waals surface area (Å²) in [5.41, 5.74) is -1.24. The van der Waals surface area contributed by atoms with Gasteiger partial charge in [0, 0.05) is 0 Å². The number of alkyl halides is 4. The maximum Gasteiger partial charge on any atom is 0.310 e. The van der Waals surface area contributed by atoms with E-state index < -0.39 is 25.6 Å². The van der Waals surface area contributed by atoms with Crippen LogP contribution in [-0.2, 0) is 9.53 Å². The molecule has 0 N–H and O–H groups in total. The minimum atomic E-state index is -1.25. The molecule has 0 amide bonds. The summed E-state index contributed by atoms with van der Waals surface area (Å²) in [7, 11) is 0. The first kappa shape index (κ1) is 13.1. The van der Waals surface area contributed by atoms with Crippen LogP contribution in [0.1, 0.15) is 27.2 Å². The zero-order valence-corrected chi connectivity index (χ0v) is 12.1. The van der Waals surface area contributed by atoms with Crippen molar-refractivity contribution in [3.05, 3.63) is 0 Å². The number of esters is 1. The maximum atomic E-state index is 11.8. The Morgan fingerprint density at radius 3 is 1.88 bits per heavy atom. The third-order valence-electron chi connectivity index (χ3n) is 3.10. The normalized spacial score (nSPS) is 32.3. The quantitative estimate of drug-likeness (QED) is 0.545. The molecule has 0 radical (unpaired) electrons. The fraction of sp³-hybridized carbons (Fsp3) is 0.900. The van der Waals surface area contributed by atoms with Gasteiger partial charge in [-0.1, -0.05) is 46.4 Å². The Morgan fingerprint density at radius 1 is 1.19 bits per heavy atom. The number of ether oxygens (including phenoxy) is 1. The van der Waals surface area contributed by atoms with Gasteiger partial charge in [0.1, 0.15) is 5.60 Å².